The summed E-state index contributed by atoms with van der Waals surface area (Å²) >= 11 is 1.14. The van der Waals surface area contributed by atoms with Crippen LogP contribution in [0.1, 0.15) is 0 Å². The van der Waals surface area contributed by atoms with E-state index in [0.29, 0.717) is 0 Å². The molecule has 0 spiro atoms. The first-order valence-electron chi connectivity index (χ1n) is 3.83. The van der Waals surface area contributed by atoms with Crippen LogP contribution in [0.15, 0.2) is 0 Å². The van der Waals surface area contributed by atoms with Gasteiger partial charge in [0.25, 0.3) is 0 Å². The van der Waals surface area contributed by atoms with E-state index < -0.39 is 12.0 Å². The molecule has 0 aliphatic carbocycles. The van der Waals surface area contributed by atoms with Crippen molar-refractivity contribution < 1.29 is 20.4 Å². The van der Waals surface area contributed by atoms with E-state index in [1.165, 1.54) is 0 Å². The number of carboxylic acid groups (broad SMARTS) is 1. The number of rotatable bonds is 6. The Labute approximate surface area is 85.5 Å². The number of quaternary nitrogens is 1. The number of amides is 1. The van der Waals surface area contributed by atoms with Crippen molar-refractivity contribution in [3.63, 3.8) is 0 Å². The zero-order valence-electron chi connectivity index (χ0n) is 7.49. The minimum absolute atomic E-state index is 0.0340. The summed E-state index contributed by atoms with van der Waals surface area (Å²) in [4.78, 5) is 21.1. The monoisotopic (exact) mass is 217 g/mol. The van der Waals surface area contributed by atoms with Crippen LogP contribution in [-0.4, -0.2) is 36.0 Å². The third-order valence-electron chi connectivity index (χ3n) is 1.25. The van der Waals surface area contributed by atoms with Gasteiger partial charge in [0, 0.05) is 0 Å². The Morgan fingerprint density at radius 1 is 1.64 bits per heavy atom. The van der Waals surface area contributed by atoms with Crippen molar-refractivity contribution >= 4 is 23.6 Å². The summed E-state index contributed by atoms with van der Waals surface area (Å²) in [6.45, 7) is -0.0340. The highest BCUT2D eigenvalue weighted by Gasteiger charge is 2.08. The fourth-order valence-electron chi connectivity index (χ4n) is 0.551. The maximum atomic E-state index is 10.9. The van der Waals surface area contributed by atoms with Crippen molar-refractivity contribution in [3.8, 4) is 6.07 Å². The Balaban J connectivity index is 3.50. The molecule has 0 saturated heterocycles. The average molecular weight is 217 g/mol. The second-order valence-corrected chi connectivity index (χ2v) is 3.50. The van der Waals surface area contributed by atoms with Gasteiger partial charge < -0.3 is 21.0 Å². The molecule has 0 aromatic heterocycles. The molecule has 0 heterocycles. The Bertz CT molecular complexity index is 251. The number of nitrogens with one attached hydrogen (secondary N) is 1. The second kappa shape index (κ2) is 7.17. The molecular weight excluding hydrogens is 206 g/mol. The lowest BCUT2D eigenvalue weighted by molar-refractivity contribution is -0.431. The normalized spacial score (nSPS) is 11.4. The molecule has 4 N–H and O–H groups in total. The highest BCUT2D eigenvalue weighted by Crippen LogP contribution is 1.99. The van der Waals surface area contributed by atoms with Crippen molar-refractivity contribution in [1.29, 1.82) is 5.26 Å². The number of carbonyl (C=O) groups is 2. The third kappa shape index (κ3) is 6.28. The largest absolute Gasteiger partial charge is 0.544 e. The molecule has 1 atom stereocenters. The predicted octanol–water partition coefficient (Wildman–Crippen LogP) is -3.28. The van der Waals surface area contributed by atoms with Gasteiger partial charge in [0.05, 0.1) is 23.5 Å². The van der Waals surface area contributed by atoms with Gasteiger partial charge in [0.15, 0.2) is 0 Å². The summed E-state index contributed by atoms with van der Waals surface area (Å²) in [5.74, 6) is -1.17. The van der Waals surface area contributed by atoms with E-state index in [2.05, 4.69) is 11.1 Å². The molecule has 0 aliphatic rings. The van der Waals surface area contributed by atoms with Gasteiger partial charge in [-0.15, -0.1) is 11.8 Å². The van der Waals surface area contributed by atoms with Crippen molar-refractivity contribution in [1.82, 2.24) is 5.32 Å². The number of carbonyl (C=O) groups excluding carboxylic acids is 2. The highest BCUT2D eigenvalue weighted by molar-refractivity contribution is 8.00. The molecule has 7 heteroatoms. The van der Waals surface area contributed by atoms with E-state index in [1.807, 2.05) is 0 Å². The van der Waals surface area contributed by atoms with Gasteiger partial charge in [-0.3, -0.25) is 4.79 Å². The van der Waals surface area contributed by atoms with Crippen LogP contribution in [0.5, 0.6) is 0 Å². The lowest BCUT2D eigenvalue weighted by atomic mass is 10.4. The molecule has 6 nitrogen and oxygen atoms in total. The number of nitriles is 1. The number of thioether (sulfide) groups is 1. The fraction of sp³-hybridized carbons (Fsp3) is 0.571. The summed E-state index contributed by atoms with van der Waals surface area (Å²) in [5.41, 5.74) is 3.33. The summed E-state index contributed by atoms with van der Waals surface area (Å²) in [6, 6.07) is 0.942. The fourth-order valence-corrected chi connectivity index (χ4v) is 1.38. The van der Waals surface area contributed by atoms with Crippen LogP contribution in [0.25, 0.3) is 0 Å². The maximum Gasteiger partial charge on any atom is 0.230 e. The van der Waals surface area contributed by atoms with E-state index in [1.54, 1.807) is 6.07 Å². The van der Waals surface area contributed by atoms with Gasteiger partial charge in [-0.1, -0.05) is 0 Å². The van der Waals surface area contributed by atoms with Gasteiger partial charge in [-0.05, 0) is 0 Å². The van der Waals surface area contributed by atoms with Crippen LogP contribution in [-0.2, 0) is 9.59 Å². The molecule has 0 aromatic rings. The number of aliphatic carboxylic acids is 1. The number of hydrogen-bond acceptors (Lipinski definition) is 5. The molecule has 78 valence electrons. The van der Waals surface area contributed by atoms with Crippen molar-refractivity contribution in [2.75, 3.05) is 18.1 Å². The van der Waals surface area contributed by atoms with Crippen LogP contribution in [0.3, 0.4) is 0 Å². The molecule has 1 amide bonds. The molecular formula is C7H11N3O3S. The van der Waals surface area contributed by atoms with E-state index in [9.17, 15) is 14.7 Å². The van der Waals surface area contributed by atoms with Gasteiger partial charge in [-0.2, -0.15) is 5.26 Å². The van der Waals surface area contributed by atoms with Crippen molar-refractivity contribution in [2.45, 2.75) is 6.04 Å². The lowest BCUT2D eigenvalue weighted by Gasteiger charge is -2.08. The zero-order chi connectivity index (χ0) is 11.0. The molecule has 0 aromatic carbocycles. The first-order chi connectivity index (χ1) is 6.57. The first kappa shape index (κ1) is 12.7. The summed E-state index contributed by atoms with van der Waals surface area (Å²) in [5, 5.41) is 20.7. The topological polar surface area (TPSA) is 121 Å². The summed E-state index contributed by atoms with van der Waals surface area (Å²) < 4.78 is 0. The third-order valence-corrected chi connectivity index (χ3v) is 2.35. The first-order valence-corrected chi connectivity index (χ1v) is 4.98. The molecule has 0 aliphatic heterocycles. The summed E-state index contributed by atoms with van der Waals surface area (Å²) in [7, 11) is 0. The number of carboxylic acids is 1. The van der Waals surface area contributed by atoms with Crippen LogP contribution < -0.4 is 16.2 Å². The van der Waals surface area contributed by atoms with Crippen LogP contribution in [0.2, 0.25) is 0 Å². The van der Waals surface area contributed by atoms with Gasteiger partial charge in [0.2, 0.25) is 5.91 Å². The zero-order valence-corrected chi connectivity index (χ0v) is 8.30. The molecule has 0 rings (SSSR count). The molecule has 14 heavy (non-hydrogen) atoms. The second-order valence-electron chi connectivity index (χ2n) is 2.47. The van der Waals surface area contributed by atoms with Crippen LogP contribution >= 0.6 is 11.8 Å². The molecule has 0 fully saturated rings. The summed E-state index contributed by atoms with van der Waals surface area (Å²) in [6.07, 6.45) is 0. The average Bonchev–Trinajstić information content (AvgIpc) is 2.14. The minimum Gasteiger partial charge on any atom is -0.544 e. The Kier molecular flexibility index (Phi) is 6.53. The predicted molar refractivity (Wildman–Crippen MR) is 47.6 cm³/mol. The van der Waals surface area contributed by atoms with Crippen molar-refractivity contribution in [2.24, 2.45) is 0 Å². The van der Waals surface area contributed by atoms with E-state index in [-0.39, 0.29) is 24.0 Å². The van der Waals surface area contributed by atoms with E-state index >= 15 is 0 Å². The Morgan fingerprint density at radius 2 is 2.29 bits per heavy atom. The standard InChI is InChI=1S/C7H11N3O3S/c8-1-2-10-6(11)4-14-3-5(9)7(12)13/h5H,2-4,9H2,(H,10,11)(H,12,13)/t5-/m0/s1. The molecule has 0 unspecified atom stereocenters. The van der Waals surface area contributed by atoms with Crippen LogP contribution in [0, 0.1) is 11.3 Å². The Morgan fingerprint density at radius 3 is 2.79 bits per heavy atom. The maximum absolute atomic E-state index is 10.9. The van der Waals surface area contributed by atoms with Crippen LogP contribution in [0.4, 0.5) is 0 Å². The molecule has 0 radical (unpaired) electrons. The minimum atomic E-state index is -1.23. The van der Waals surface area contributed by atoms with Gasteiger partial charge in [-0.25, -0.2) is 0 Å². The lowest BCUT2D eigenvalue weighted by Crippen LogP contribution is -2.69. The number of hydrogen-bond donors (Lipinski definition) is 2. The Hall–Kier alpha value is -1.26. The van der Waals surface area contributed by atoms with Gasteiger partial charge in [0.1, 0.15) is 12.6 Å². The van der Waals surface area contributed by atoms with Gasteiger partial charge >= 0.3 is 0 Å². The number of nitrogens with zero attached hydrogens (tertiary/aromatic N) is 1. The SMILES string of the molecule is N#CCNC(=O)CSC[C@H]([NH3+])C(=O)[O-]. The van der Waals surface area contributed by atoms with E-state index in [0.717, 1.165) is 11.8 Å². The molecule has 0 bridgehead atoms. The van der Waals surface area contributed by atoms with E-state index in [4.69, 9.17) is 5.26 Å². The molecule has 0 saturated carbocycles. The van der Waals surface area contributed by atoms with Crippen molar-refractivity contribution in [3.05, 3.63) is 0 Å². The highest BCUT2D eigenvalue weighted by atomic mass is 32.2. The quantitative estimate of drug-likeness (QED) is 0.452. The smallest absolute Gasteiger partial charge is 0.230 e.